The zero-order valence-corrected chi connectivity index (χ0v) is 19.4. The summed E-state index contributed by atoms with van der Waals surface area (Å²) in [6, 6.07) is 7.20. The molecule has 2 saturated carbocycles. The van der Waals surface area contributed by atoms with E-state index < -0.39 is 6.16 Å². The van der Waals surface area contributed by atoms with E-state index >= 15 is 0 Å². The average Bonchev–Trinajstić information content (AvgIpc) is 2.77. The number of hydrogen-bond donors (Lipinski definition) is 1. The molecule has 0 unspecified atom stereocenters. The van der Waals surface area contributed by atoms with Crippen molar-refractivity contribution >= 4 is 6.16 Å². The topological polar surface area (TPSA) is 46.5 Å². The van der Waals surface area contributed by atoms with E-state index in [9.17, 15) is 4.79 Å². The van der Waals surface area contributed by atoms with Crippen molar-refractivity contribution in [1.29, 1.82) is 0 Å². The smallest absolute Gasteiger partial charge is 0.449 e. The Kier molecular flexibility index (Phi) is 12.0. The highest BCUT2D eigenvalue weighted by Crippen LogP contribution is 2.40. The lowest BCUT2D eigenvalue weighted by molar-refractivity contribution is 0.144. The lowest BCUT2D eigenvalue weighted by atomic mass is 9.70. The fourth-order valence-electron chi connectivity index (χ4n) is 5.37. The predicted molar refractivity (Wildman–Crippen MR) is 125 cm³/mol. The molecule has 3 nitrogen and oxygen atoms in total. The first-order chi connectivity index (χ1) is 14.6. The number of ether oxygens (including phenoxy) is 1. The summed E-state index contributed by atoms with van der Waals surface area (Å²) in [5, 5.41) is 8.39. The van der Waals surface area contributed by atoms with Crippen LogP contribution in [0.4, 0.5) is 4.79 Å². The van der Waals surface area contributed by atoms with Gasteiger partial charge in [0.1, 0.15) is 5.75 Å². The first-order valence-electron chi connectivity index (χ1n) is 12.6. The SMILES string of the molecule is CCCC1CCC(C2CCCCC2)CC1.CCCCCc1ccc(OC(=O)O)cc1. The van der Waals surface area contributed by atoms with Gasteiger partial charge in [0.15, 0.2) is 0 Å². The third kappa shape index (κ3) is 9.53. The van der Waals surface area contributed by atoms with Crippen molar-refractivity contribution < 1.29 is 14.6 Å². The number of hydrogen-bond acceptors (Lipinski definition) is 2. The molecule has 0 saturated heterocycles. The summed E-state index contributed by atoms with van der Waals surface area (Å²) >= 11 is 0. The Labute approximate surface area is 184 Å². The monoisotopic (exact) mass is 416 g/mol. The van der Waals surface area contributed by atoms with E-state index in [1.807, 2.05) is 12.1 Å². The van der Waals surface area contributed by atoms with Crippen LogP contribution in [0.5, 0.6) is 5.75 Å². The van der Waals surface area contributed by atoms with Crippen LogP contribution < -0.4 is 4.74 Å². The minimum absolute atomic E-state index is 0.377. The number of aryl methyl sites for hydroxylation is 1. The molecule has 0 aliphatic heterocycles. The molecule has 2 aliphatic rings. The highest BCUT2D eigenvalue weighted by atomic mass is 16.7. The zero-order chi connectivity index (χ0) is 21.6. The average molecular weight is 417 g/mol. The first-order valence-corrected chi connectivity index (χ1v) is 12.6. The predicted octanol–water partition coefficient (Wildman–Crippen LogP) is 8.65. The van der Waals surface area contributed by atoms with Crippen LogP contribution >= 0.6 is 0 Å². The zero-order valence-electron chi connectivity index (χ0n) is 19.4. The second kappa shape index (κ2) is 14.5. The van der Waals surface area contributed by atoms with Crippen molar-refractivity contribution in [3.8, 4) is 5.75 Å². The quantitative estimate of drug-likeness (QED) is 0.262. The third-order valence-electron chi connectivity index (χ3n) is 7.10. The van der Waals surface area contributed by atoms with Gasteiger partial charge in [-0.3, -0.25) is 0 Å². The van der Waals surface area contributed by atoms with Crippen LogP contribution in [0.25, 0.3) is 0 Å². The van der Waals surface area contributed by atoms with Gasteiger partial charge in [0, 0.05) is 0 Å². The van der Waals surface area contributed by atoms with Crippen molar-refractivity contribution in [1.82, 2.24) is 0 Å². The summed E-state index contributed by atoms with van der Waals surface area (Å²) in [4.78, 5) is 10.2. The Morgan fingerprint density at radius 1 is 0.867 bits per heavy atom. The lowest BCUT2D eigenvalue weighted by Crippen LogP contribution is -2.23. The van der Waals surface area contributed by atoms with Crippen LogP contribution in [0.1, 0.15) is 109 Å². The minimum Gasteiger partial charge on any atom is -0.449 e. The van der Waals surface area contributed by atoms with E-state index in [1.165, 1.54) is 56.9 Å². The second-order valence-electron chi connectivity index (χ2n) is 9.44. The Morgan fingerprint density at radius 3 is 2.07 bits per heavy atom. The van der Waals surface area contributed by atoms with Gasteiger partial charge in [0.05, 0.1) is 0 Å². The molecule has 0 radical (unpaired) electrons. The summed E-state index contributed by atoms with van der Waals surface area (Å²) in [6.07, 6.45) is 20.2. The normalized spacial score (nSPS) is 22.1. The number of rotatable bonds is 8. The van der Waals surface area contributed by atoms with Crippen molar-refractivity contribution in [3.05, 3.63) is 29.8 Å². The number of unbranched alkanes of at least 4 members (excludes halogenated alkanes) is 2. The van der Waals surface area contributed by atoms with Gasteiger partial charge in [-0.15, -0.1) is 0 Å². The molecular formula is C27H44O3. The van der Waals surface area contributed by atoms with Crippen LogP contribution in [-0.2, 0) is 6.42 Å². The van der Waals surface area contributed by atoms with E-state index in [0.717, 1.165) is 24.2 Å². The van der Waals surface area contributed by atoms with Gasteiger partial charge in [-0.2, -0.15) is 0 Å². The molecule has 3 heteroatoms. The van der Waals surface area contributed by atoms with Crippen molar-refractivity contribution in [2.45, 2.75) is 110 Å². The van der Waals surface area contributed by atoms with E-state index in [4.69, 9.17) is 5.11 Å². The molecule has 2 aliphatic carbocycles. The Bertz CT molecular complexity index is 566. The van der Waals surface area contributed by atoms with Crippen LogP contribution in [0, 0.1) is 17.8 Å². The van der Waals surface area contributed by atoms with Gasteiger partial charge in [0.2, 0.25) is 0 Å². The molecule has 0 heterocycles. The van der Waals surface area contributed by atoms with Crippen molar-refractivity contribution in [2.24, 2.45) is 17.8 Å². The fourth-order valence-corrected chi connectivity index (χ4v) is 5.37. The van der Waals surface area contributed by atoms with Crippen molar-refractivity contribution in [2.75, 3.05) is 0 Å². The van der Waals surface area contributed by atoms with Crippen LogP contribution in [0.2, 0.25) is 0 Å². The van der Waals surface area contributed by atoms with E-state index in [1.54, 1.807) is 50.7 Å². The van der Waals surface area contributed by atoms with Gasteiger partial charge in [-0.25, -0.2) is 4.79 Å². The van der Waals surface area contributed by atoms with E-state index in [-0.39, 0.29) is 0 Å². The van der Waals surface area contributed by atoms with Gasteiger partial charge < -0.3 is 9.84 Å². The molecule has 1 N–H and O–H groups in total. The standard InChI is InChI=1S/C15H28.C12H16O3/c1-2-6-13-9-11-15(12-10-13)14-7-4-3-5-8-14;1-2-3-4-5-10-6-8-11(9-7-10)15-12(13)14/h13-15H,2-12H2,1H3;6-9H,2-5H2,1H3,(H,13,14). The minimum atomic E-state index is -1.27. The Morgan fingerprint density at radius 2 is 1.50 bits per heavy atom. The van der Waals surface area contributed by atoms with Crippen LogP contribution in [0.3, 0.4) is 0 Å². The lowest BCUT2D eigenvalue weighted by Gasteiger charge is -2.35. The maximum atomic E-state index is 10.2. The molecule has 1 aromatic carbocycles. The summed E-state index contributed by atoms with van der Waals surface area (Å²) in [5.74, 6) is 3.72. The molecule has 0 spiro atoms. The number of benzene rings is 1. The number of carbonyl (C=O) groups is 1. The Hall–Kier alpha value is -1.51. The fraction of sp³-hybridized carbons (Fsp3) is 0.741. The molecule has 0 atom stereocenters. The summed E-state index contributed by atoms with van der Waals surface area (Å²) in [7, 11) is 0. The van der Waals surface area contributed by atoms with E-state index in [0.29, 0.717) is 5.75 Å². The largest absolute Gasteiger partial charge is 0.511 e. The molecule has 0 aromatic heterocycles. The molecule has 0 amide bonds. The van der Waals surface area contributed by atoms with Gasteiger partial charge in [-0.05, 0) is 61.1 Å². The Balaban J connectivity index is 0.000000214. The second-order valence-corrected chi connectivity index (χ2v) is 9.44. The molecule has 0 bridgehead atoms. The van der Waals surface area contributed by atoms with E-state index in [2.05, 4.69) is 18.6 Å². The molecule has 170 valence electrons. The molecular weight excluding hydrogens is 372 g/mol. The number of carboxylic acid groups (broad SMARTS) is 1. The summed E-state index contributed by atoms with van der Waals surface area (Å²) < 4.78 is 4.51. The molecule has 1 aromatic rings. The summed E-state index contributed by atoms with van der Waals surface area (Å²) in [6.45, 7) is 4.51. The highest BCUT2D eigenvalue weighted by Gasteiger charge is 2.27. The van der Waals surface area contributed by atoms with Crippen LogP contribution in [0.15, 0.2) is 24.3 Å². The highest BCUT2D eigenvalue weighted by molar-refractivity contribution is 5.61. The van der Waals surface area contributed by atoms with Crippen molar-refractivity contribution in [3.63, 3.8) is 0 Å². The molecule has 3 rings (SSSR count). The maximum Gasteiger partial charge on any atom is 0.511 e. The molecule has 2 fully saturated rings. The van der Waals surface area contributed by atoms with Gasteiger partial charge in [-0.1, -0.05) is 96.6 Å². The molecule has 30 heavy (non-hydrogen) atoms. The maximum absolute atomic E-state index is 10.2. The summed E-state index contributed by atoms with van der Waals surface area (Å²) in [5.41, 5.74) is 1.22. The van der Waals surface area contributed by atoms with Crippen LogP contribution in [-0.4, -0.2) is 11.3 Å². The van der Waals surface area contributed by atoms with Gasteiger partial charge >= 0.3 is 6.16 Å². The van der Waals surface area contributed by atoms with Gasteiger partial charge in [0.25, 0.3) is 0 Å². The first kappa shape index (κ1) is 24.8. The third-order valence-corrected chi connectivity index (χ3v) is 7.10.